The Morgan fingerprint density at radius 1 is 1.36 bits per heavy atom. The summed E-state index contributed by atoms with van der Waals surface area (Å²) in [6, 6.07) is 10.6. The number of rotatable bonds is 7. The second kappa shape index (κ2) is 9.32. The van der Waals surface area contributed by atoms with Gasteiger partial charge in [-0.2, -0.15) is 0 Å². The first-order chi connectivity index (χ1) is 12.3. The second-order valence-corrected chi connectivity index (χ2v) is 7.17. The van der Waals surface area contributed by atoms with Crippen LogP contribution in [0.3, 0.4) is 0 Å². The molecular weight excluding hydrogens is 316 g/mol. The van der Waals surface area contributed by atoms with Crippen molar-refractivity contribution >= 4 is 5.91 Å². The maximum absolute atomic E-state index is 12.3. The number of amides is 1. The molecule has 2 aliphatic heterocycles. The number of piperidine rings is 1. The second-order valence-electron chi connectivity index (χ2n) is 7.17. The van der Waals surface area contributed by atoms with E-state index >= 15 is 0 Å². The molecule has 1 N–H and O–H groups in total. The number of carbonyl (C=O) groups is 1. The van der Waals surface area contributed by atoms with Gasteiger partial charge in [0.2, 0.25) is 5.91 Å². The molecule has 0 bridgehead atoms. The van der Waals surface area contributed by atoms with Gasteiger partial charge < -0.3 is 19.7 Å². The summed E-state index contributed by atoms with van der Waals surface area (Å²) in [6.45, 7) is 4.90. The fourth-order valence-corrected chi connectivity index (χ4v) is 3.94. The van der Waals surface area contributed by atoms with Crippen LogP contribution in [0.5, 0.6) is 0 Å². The minimum absolute atomic E-state index is 0.0211. The Labute approximate surface area is 150 Å². The highest BCUT2D eigenvalue weighted by Crippen LogP contribution is 2.31. The van der Waals surface area contributed by atoms with E-state index in [1.165, 1.54) is 5.56 Å². The van der Waals surface area contributed by atoms with E-state index in [1.807, 2.05) is 0 Å². The van der Waals surface area contributed by atoms with E-state index in [4.69, 9.17) is 9.47 Å². The average molecular weight is 346 g/mol. The Bertz CT molecular complexity index is 537. The van der Waals surface area contributed by atoms with Crippen molar-refractivity contribution in [2.75, 3.05) is 46.5 Å². The van der Waals surface area contributed by atoms with Gasteiger partial charge in [0.15, 0.2) is 0 Å². The number of methoxy groups -OCH3 is 1. The summed E-state index contributed by atoms with van der Waals surface area (Å²) in [6.07, 6.45) is 3.43. The monoisotopic (exact) mass is 346 g/mol. The smallest absolute Gasteiger partial charge is 0.225 e. The topological polar surface area (TPSA) is 50.8 Å². The van der Waals surface area contributed by atoms with Crippen molar-refractivity contribution in [3.8, 4) is 0 Å². The van der Waals surface area contributed by atoms with Crippen molar-refractivity contribution in [3.05, 3.63) is 35.9 Å². The SMILES string of the molecule is COCCNC(=O)[C@H]1CO[C@H]2CCN(CCc3ccccc3)C[C@H]2C1. The normalized spacial score (nSPS) is 26.8. The molecule has 25 heavy (non-hydrogen) atoms. The maximum atomic E-state index is 12.3. The molecule has 1 amide bonds. The molecule has 5 nitrogen and oxygen atoms in total. The summed E-state index contributed by atoms with van der Waals surface area (Å²) in [5.74, 6) is 0.556. The summed E-state index contributed by atoms with van der Waals surface area (Å²) in [4.78, 5) is 14.8. The van der Waals surface area contributed by atoms with Gasteiger partial charge >= 0.3 is 0 Å². The van der Waals surface area contributed by atoms with E-state index in [2.05, 4.69) is 40.5 Å². The minimum Gasteiger partial charge on any atom is -0.383 e. The fraction of sp³-hybridized carbons (Fsp3) is 0.650. The van der Waals surface area contributed by atoms with Crippen LogP contribution in [0.25, 0.3) is 0 Å². The Balaban J connectivity index is 1.46. The van der Waals surface area contributed by atoms with Crippen LogP contribution in [0.2, 0.25) is 0 Å². The van der Waals surface area contributed by atoms with Crippen molar-refractivity contribution in [1.29, 1.82) is 0 Å². The first-order valence-electron chi connectivity index (χ1n) is 9.41. The van der Waals surface area contributed by atoms with E-state index < -0.39 is 0 Å². The summed E-state index contributed by atoms with van der Waals surface area (Å²) in [5.41, 5.74) is 1.39. The molecule has 5 heteroatoms. The Hall–Kier alpha value is -1.43. The highest BCUT2D eigenvalue weighted by Gasteiger charge is 2.37. The Kier molecular flexibility index (Phi) is 6.84. The van der Waals surface area contributed by atoms with Crippen molar-refractivity contribution < 1.29 is 14.3 Å². The molecular formula is C20H30N2O3. The molecule has 2 fully saturated rings. The lowest BCUT2D eigenvalue weighted by atomic mass is 9.83. The van der Waals surface area contributed by atoms with Crippen LogP contribution in [-0.2, 0) is 20.7 Å². The number of hydrogen-bond acceptors (Lipinski definition) is 4. The quantitative estimate of drug-likeness (QED) is 0.764. The minimum atomic E-state index is -0.0211. The van der Waals surface area contributed by atoms with Gasteiger partial charge in [-0.15, -0.1) is 0 Å². The van der Waals surface area contributed by atoms with Crippen LogP contribution >= 0.6 is 0 Å². The van der Waals surface area contributed by atoms with Crippen LogP contribution in [0, 0.1) is 11.8 Å². The number of nitrogens with zero attached hydrogens (tertiary/aromatic N) is 1. The third kappa shape index (κ3) is 5.27. The first kappa shape index (κ1) is 18.4. The van der Waals surface area contributed by atoms with Crippen molar-refractivity contribution in [3.63, 3.8) is 0 Å². The Morgan fingerprint density at radius 3 is 3.00 bits per heavy atom. The van der Waals surface area contributed by atoms with E-state index in [1.54, 1.807) is 7.11 Å². The largest absolute Gasteiger partial charge is 0.383 e. The number of hydrogen-bond donors (Lipinski definition) is 1. The van der Waals surface area contributed by atoms with Gasteiger partial charge in [0, 0.05) is 33.3 Å². The van der Waals surface area contributed by atoms with Crippen LogP contribution in [-0.4, -0.2) is 63.4 Å². The highest BCUT2D eigenvalue weighted by molar-refractivity contribution is 5.78. The molecule has 1 aromatic rings. The lowest BCUT2D eigenvalue weighted by Crippen LogP contribution is -2.51. The third-order valence-electron chi connectivity index (χ3n) is 5.38. The van der Waals surface area contributed by atoms with Gasteiger partial charge in [-0.1, -0.05) is 30.3 Å². The molecule has 3 rings (SSSR count). The predicted molar refractivity (Wildman–Crippen MR) is 97.4 cm³/mol. The molecule has 0 saturated carbocycles. The molecule has 2 saturated heterocycles. The molecule has 0 unspecified atom stereocenters. The van der Waals surface area contributed by atoms with Crippen LogP contribution < -0.4 is 5.32 Å². The average Bonchev–Trinajstić information content (AvgIpc) is 2.66. The Morgan fingerprint density at radius 2 is 2.20 bits per heavy atom. The van der Waals surface area contributed by atoms with Gasteiger partial charge in [0.1, 0.15) is 0 Å². The standard InChI is InChI=1S/C20H30N2O3/c1-24-12-9-21-20(23)18-13-17-14-22(11-8-19(17)25-15-18)10-7-16-5-3-2-4-6-16/h2-6,17-19H,7-15H2,1H3,(H,21,23)/t17-,18-,19+/m1/s1. The van der Waals surface area contributed by atoms with Crippen molar-refractivity contribution in [2.45, 2.75) is 25.4 Å². The molecule has 2 aliphatic rings. The molecule has 3 atom stereocenters. The highest BCUT2D eigenvalue weighted by atomic mass is 16.5. The van der Waals surface area contributed by atoms with E-state index in [0.717, 1.165) is 38.9 Å². The number of ether oxygens (including phenoxy) is 2. The number of carbonyl (C=O) groups excluding carboxylic acids is 1. The first-order valence-corrected chi connectivity index (χ1v) is 9.41. The number of likely N-dealkylation sites (tertiary alicyclic amines) is 1. The lowest BCUT2D eigenvalue weighted by molar-refractivity contribution is -0.139. The van der Waals surface area contributed by atoms with Gasteiger partial charge in [-0.25, -0.2) is 0 Å². The molecule has 0 aromatic heterocycles. The molecule has 138 valence electrons. The fourth-order valence-electron chi connectivity index (χ4n) is 3.94. The van der Waals surface area contributed by atoms with Crippen molar-refractivity contribution in [1.82, 2.24) is 10.2 Å². The molecule has 0 spiro atoms. The van der Waals surface area contributed by atoms with E-state index in [9.17, 15) is 4.79 Å². The predicted octanol–water partition coefficient (Wildman–Crippen LogP) is 1.72. The van der Waals surface area contributed by atoms with E-state index in [0.29, 0.717) is 31.8 Å². The van der Waals surface area contributed by atoms with E-state index in [-0.39, 0.29) is 11.8 Å². The zero-order valence-electron chi connectivity index (χ0n) is 15.2. The summed E-state index contributed by atoms with van der Waals surface area (Å²) in [7, 11) is 1.65. The van der Waals surface area contributed by atoms with Crippen LogP contribution in [0.1, 0.15) is 18.4 Å². The molecule has 0 aliphatic carbocycles. The number of nitrogens with one attached hydrogen (secondary N) is 1. The lowest BCUT2D eigenvalue weighted by Gasteiger charge is -2.43. The zero-order chi connectivity index (χ0) is 17.5. The maximum Gasteiger partial charge on any atom is 0.225 e. The number of benzene rings is 1. The van der Waals surface area contributed by atoms with Gasteiger partial charge in [-0.3, -0.25) is 4.79 Å². The molecule has 1 aromatic carbocycles. The van der Waals surface area contributed by atoms with Gasteiger partial charge in [-0.05, 0) is 30.7 Å². The third-order valence-corrected chi connectivity index (χ3v) is 5.38. The number of fused-ring (bicyclic) bond motifs is 1. The van der Waals surface area contributed by atoms with Crippen LogP contribution in [0.4, 0.5) is 0 Å². The summed E-state index contributed by atoms with van der Waals surface area (Å²) < 4.78 is 11.0. The van der Waals surface area contributed by atoms with Crippen molar-refractivity contribution in [2.24, 2.45) is 11.8 Å². The molecule has 0 radical (unpaired) electrons. The zero-order valence-corrected chi connectivity index (χ0v) is 15.2. The van der Waals surface area contributed by atoms with Gasteiger partial charge in [0.05, 0.1) is 25.2 Å². The van der Waals surface area contributed by atoms with Gasteiger partial charge in [0.25, 0.3) is 0 Å². The molecule has 2 heterocycles. The van der Waals surface area contributed by atoms with Crippen LogP contribution in [0.15, 0.2) is 30.3 Å². The summed E-state index contributed by atoms with van der Waals surface area (Å²) >= 11 is 0. The summed E-state index contributed by atoms with van der Waals surface area (Å²) in [5, 5.41) is 2.95.